The summed E-state index contributed by atoms with van der Waals surface area (Å²) in [7, 11) is 1.10. The third-order valence-corrected chi connectivity index (χ3v) is 4.42. The molecule has 0 aliphatic heterocycles. The van der Waals surface area contributed by atoms with Crippen molar-refractivity contribution < 1.29 is 45.9 Å². The van der Waals surface area contributed by atoms with Crippen LogP contribution in [0.3, 0.4) is 0 Å². The van der Waals surface area contributed by atoms with E-state index in [0.29, 0.717) is 23.0 Å². The van der Waals surface area contributed by atoms with Gasteiger partial charge in [-0.05, 0) is 23.3 Å². The van der Waals surface area contributed by atoms with Crippen LogP contribution in [0.5, 0.6) is 5.75 Å². The molecule has 1 atom stereocenters. The summed E-state index contributed by atoms with van der Waals surface area (Å²) in [5.41, 5.74) is -1.27. The quantitative estimate of drug-likeness (QED) is 0.118. The maximum Gasteiger partial charge on any atom is 0.456 e. The van der Waals surface area contributed by atoms with Crippen LogP contribution in [-0.4, -0.2) is 53.1 Å². The number of ether oxygens (including phenoxy) is 2. The highest BCUT2D eigenvalue weighted by Crippen LogP contribution is 2.37. The van der Waals surface area contributed by atoms with Crippen LogP contribution in [0.1, 0.15) is 23.2 Å². The van der Waals surface area contributed by atoms with E-state index in [-0.39, 0.29) is 12.0 Å². The molecule has 0 radical (unpaired) electrons. The molecule has 0 unspecified atom stereocenters. The Morgan fingerprint density at radius 3 is 2.40 bits per heavy atom. The number of halogens is 6. The first-order valence-electron chi connectivity index (χ1n) is 8.14. The molecule has 0 heterocycles. The first-order valence-corrected chi connectivity index (χ1v) is 9.67. The van der Waals surface area contributed by atoms with Gasteiger partial charge in [-0.3, -0.25) is 14.9 Å². The number of carbonyl (C=O) groups excluding carboxylic acids is 2. The molecule has 0 saturated carbocycles. The maximum atomic E-state index is 13.1. The van der Waals surface area contributed by atoms with Crippen molar-refractivity contribution in [3.8, 4) is 5.75 Å². The molecule has 14 heteroatoms. The number of rotatable bonds is 10. The monoisotopic (exact) mass is 554 g/mol. The molecular formula is C16H16F5IN2O6. The van der Waals surface area contributed by atoms with Gasteiger partial charge in [0.25, 0.3) is 5.91 Å². The Hall–Kier alpha value is -2.26. The topological polar surface area (TPSA) is 108 Å². The molecule has 0 aliphatic rings. The van der Waals surface area contributed by atoms with Gasteiger partial charge in [0.15, 0.2) is 12.4 Å². The summed E-state index contributed by atoms with van der Waals surface area (Å²) in [5.74, 6) is -7.91. The van der Waals surface area contributed by atoms with E-state index in [1.54, 1.807) is 0 Å². The average Bonchev–Trinajstić information content (AvgIpc) is 2.67. The number of nitro benzene ring substituents is 1. The number of nitrogens with zero attached hydrogens (tertiary/aromatic N) is 1. The Balaban J connectivity index is 3.11. The zero-order valence-corrected chi connectivity index (χ0v) is 17.5. The SMILES string of the molecule is COC(=O)[C@H](CCCI)NC(=O)c1ccc([N+](=O)[O-])c(OCC(F)(F)C(F)(F)F)c1. The number of amides is 1. The van der Waals surface area contributed by atoms with E-state index >= 15 is 0 Å². The number of benzene rings is 1. The lowest BCUT2D eigenvalue weighted by atomic mass is 10.1. The molecule has 0 fully saturated rings. The van der Waals surface area contributed by atoms with E-state index in [0.717, 1.165) is 13.2 Å². The lowest BCUT2D eigenvalue weighted by molar-refractivity contribution is -0.386. The number of nitrogens with one attached hydrogen (secondary N) is 1. The van der Waals surface area contributed by atoms with Gasteiger partial charge in [0, 0.05) is 17.7 Å². The zero-order valence-electron chi connectivity index (χ0n) is 15.3. The Labute approximate surface area is 180 Å². The van der Waals surface area contributed by atoms with Crippen LogP contribution < -0.4 is 10.1 Å². The highest BCUT2D eigenvalue weighted by molar-refractivity contribution is 14.1. The second-order valence-electron chi connectivity index (χ2n) is 5.81. The molecule has 1 aromatic carbocycles. The highest BCUT2D eigenvalue weighted by Gasteiger charge is 2.58. The lowest BCUT2D eigenvalue weighted by Gasteiger charge is -2.20. The molecule has 0 bridgehead atoms. The number of alkyl halides is 6. The summed E-state index contributed by atoms with van der Waals surface area (Å²) in [6.07, 6.45) is -5.17. The van der Waals surface area contributed by atoms with Crippen molar-refractivity contribution in [3.63, 3.8) is 0 Å². The fraction of sp³-hybridized carbons (Fsp3) is 0.500. The third kappa shape index (κ3) is 6.91. The van der Waals surface area contributed by atoms with Crippen molar-refractivity contribution >= 4 is 40.2 Å². The van der Waals surface area contributed by atoms with E-state index < -0.39 is 53.0 Å². The van der Waals surface area contributed by atoms with E-state index in [9.17, 15) is 41.7 Å². The fourth-order valence-corrected chi connectivity index (χ4v) is 2.53. The van der Waals surface area contributed by atoms with Gasteiger partial charge in [0.1, 0.15) is 6.04 Å². The van der Waals surface area contributed by atoms with Crippen LogP contribution in [0.15, 0.2) is 18.2 Å². The van der Waals surface area contributed by atoms with Crippen molar-refractivity contribution in [2.24, 2.45) is 0 Å². The minimum absolute atomic E-state index is 0.218. The Morgan fingerprint density at radius 2 is 1.90 bits per heavy atom. The number of esters is 1. The Bertz CT molecular complexity index is 790. The first-order chi connectivity index (χ1) is 13.8. The molecule has 0 spiro atoms. The standard InChI is InChI=1S/C16H16F5IN2O6/c1-29-14(26)10(3-2-6-22)23-13(25)9-4-5-11(24(27)28)12(7-9)30-8-15(17,18)16(19,20)21/h4-5,7,10H,2-3,6,8H2,1H3,(H,23,25)/t10-/m0/s1. The molecule has 1 aromatic rings. The summed E-state index contributed by atoms with van der Waals surface area (Å²) in [4.78, 5) is 34.0. The van der Waals surface area contributed by atoms with Crippen molar-refractivity contribution in [1.82, 2.24) is 5.32 Å². The molecule has 1 amide bonds. The number of nitro groups is 1. The molecule has 0 saturated heterocycles. The van der Waals surface area contributed by atoms with Gasteiger partial charge in [0.2, 0.25) is 0 Å². The summed E-state index contributed by atoms with van der Waals surface area (Å²) < 4.78 is 72.6. The van der Waals surface area contributed by atoms with Crippen LogP contribution in [0.4, 0.5) is 27.6 Å². The molecule has 1 N–H and O–H groups in total. The van der Waals surface area contributed by atoms with Crippen molar-refractivity contribution in [3.05, 3.63) is 33.9 Å². The zero-order chi connectivity index (χ0) is 23.1. The normalized spacial score (nSPS) is 12.8. The Morgan fingerprint density at radius 1 is 1.27 bits per heavy atom. The first kappa shape index (κ1) is 25.8. The van der Waals surface area contributed by atoms with Gasteiger partial charge in [-0.1, -0.05) is 22.6 Å². The van der Waals surface area contributed by atoms with Gasteiger partial charge in [-0.2, -0.15) is 22.0 Å². The van der Waals surface area contributed by atoms with Crippen LogP contribution in [0.25, 0.3) is 0 Å². The molecule has 0 aromatic heterocycles. The predicted octanol–water partition coefficient (Wildman–Crippen LogP) is 3.66. The van der Waals surface area contributed by atoms with Gasteiger partial charge >= 0.3 is 23.8 Å². The summed E-state index contributed by atoms with van der Waals surface area (Å²) in [6, 6.07) is 1.25. The summed E-state index contributed by atoms with van der Waals surface area (Å²) >= 11 is 2.05. The van der Waals surface area contributed by atoms with Gasteiger partial charge in [0.05, 0.1) is 12.0 Å². The lowest BCUT2D eigenvalue weighted by Crippen LogP contribution is -2.42. The predicted molar refractivity (Wildman–Crippen MR) is 101 cm³/mol. The van der Waals surface area contributed by atoms with Gasteiger partial charge in [-0.15, -0.1) is 0 Å². The number of carbonyl (C=O) groups is 2. The second kappa shape index (κ2) is 10.7. The average molecular weight is 554 g/mol. The maximum absolute atomic E-state index is 13.1. The minimum atomic E-state index is -5.93. The van der Waals surface area contributed by atoms with Crippen LogP contribution in [-0.2, 0) is 9.53 Å². The molecule has 168 valence electrons. The van der Waals surface area contributed by atoms with Crippen LogP contribution in [0.2, 0.25) is 0 Å². The fourth-order valence-electron chi connectivity index (χ4n) is 2.09. The summed E-state index contributed by atoms with van der Waals surface area (Å²) in [5, 5.41) is 13.3. The van der Waals surface area contributed by atoms with Crippen LogP contribution >= 0.6 is 22.6 Å². The van der Waals surface area contributed by atoms with Crippen LogP contribution in [0, 0.1) is 10.1 Å². The van der Waals surface area contributed by atoms with Crippen molar-refractivity contribution in [2.45, 2.75) is 31.0 Å². The molecule has 1 rings (SSSR count). The van der Waals surface area contributed by atoms with E-state index in [2.05, 4.69) is 14.8 Å². The molecule has 0 aliphatic carbocycles. The van der Waals surface area contributed by atoms with Crippen molar-refractivity contribution in [2.75, 3.05) is 18.1 Å². The third-order valence-electron chi connectivity index (χ3n) is 3.66. The number of hydrogen-bond acceptors (Lipinski definition) is 6. The van der Waals surface area contributed by atoms with Gasteiger partial charge in [-0.25, -0.2) is 4.79 Å². The molecule has 30 heavy (non-hydrogen) atoms. The Kier molecular flexibility index (Phi) is 9.17. The number of hydrogen-bond donors (Lipinski definition) is 1. The smallest absolute Gasteiger partial charge is 0.456 e. The molecule has 8 nitrogen and oxygen atoms in total. The summed E-state index contributed by atoms with van der Waals surface area (Å²) in [6.45, 7) is -2.22. The molecular weight excluding hydrogens is 538 g/mol. The largest absolute Gasteiger partial charge is 0.480 e. The van der Waals surface area contributed by atoms with E-state index in [1.165, 1.54) is 0 Å². The van der Waals surface area contributed by atoms with Crippen molar-refractivity contribution in [1.29, 1.82) is 0 Å². The minimum Gasteiger partial charge on any atom is -0.480 e. The second-order valence-corrected chi connectivity index (χ2v) is 6.89. The van der Waals surface area contributed by atoms with E-state index in [4.69, 9.17) is 0 Å². The van der Waals surface area contributed by atoms with E-state index in [1.807, 2.05) is 22.6 Å². The number of methoxy groups -OCH3 is 1. The van der Waals surface area contributed by atoms with Gasteiger partial charge < -0.3 is 14.8 Å². The highest BCUT2D eigenvalue weighted by atomic mass is 127.